The van der Waals surface area contributed by atoms with Gasteiger partial charge in [0.25, 0.3) is 15.9 Å². The zero-order chi connectivity index (χ0) is 22.2. The highest BCUT2D eigenvalue weighted by atomic mass is 32.2. The van der Waals surface area contributed by atoms with E-state index >= 15 is 0 Å². The van der Waals surface area contributed by atoms with E-state index in [-0.39, 0.29) is 27.7 Å². The van der Waals surface area contributed by atoms with E-state index < -0.39 is 21.7 Å². The number of hydrogen-bond donors (Lipinski definition) is 2. The van der Waals surface area contributed by atoms with Crippen LogP contribution in [0, 0.1) is 5.82 Å². The number of aromatic nitrogens is 1. The summed E-state index contributed by atoms with van der Waals surface area (Å²) in [6, 6.07) is 20.6. The number of nitrogen functional groups attached to an aromatic ring is 1. The first-order valence-corrected chi connectivity index (χ1v) is 11.0. The smallest absolute Gasteiger partial charge is 0.281 e. The lowest BCUT2D eigenvalue weighted by atomic mass is 10.1. The SMILES string of the molecule is CC(c1ccccc1)n1c(C(=O)NS(=O)(=O)c2cccc(N)c2)cc2c(F)cccc21. The van der Waals surface area contributed by atoms with Crippen molar-refractivity contribution in [2.75, 3.05) is 5.73 Å². The number of fused-ring (bicyclic) bond motifs is 1. The second-order valence-corrected chi connectivity index (χ2v) is 8.85. The molecule has 0 aliphatic rings. The van der Waals surface area contributed by atoms with E-state index in [2.05, 4.69) is 4.72 Å². The quantitative estimate of drug-likeness (QED) is 0.460. The normalized spacial score (nSPS) is 12.6. The van der Waals surface area contributed by atoms with Gasteiger partial charge in [0.15, 0.2) is 0 Å². The summed E-state index contributed by atoms with van der Waals surface area (Å²) in [7, 11) is -4.17. The molecule has 0 aliphatic heterocycles. The number of rotatable bonds is 5. The predicted octanol–water partition coefficient (Wildman–Crippen LogP) is 4.09. The van der Waals surface area contributed by atoms with Crippen molar-refractivity contribution in [2.24, 2.45) is 0 Å². The van der Waals surface area contributed by atoms with Crippen molar-refractivity contribution in [2.45, 2.75) is 17.9 Å². The number of anilines is 1. The second-order valence-electron chi connectivity index (χ2n) is 7.17. The van der Waals surface area contributed by atoms with Crippen LogP contribution in [0.4, 0.5) is 10.1 Å². The maximum atomic E-state index is 14.5. The molecule has 3 N–H and O–H groups in total. The van der Waals surface area contributed by atoms with Crippen molar-refractivity contribution in [3.63, 3.8) is 0 Å². The van der Waals surface area contributed by atoms with Crippen LogP contribution < -0.4 is 10.5 Å². The van der Waals surface area contributed by atoms with Gasteiger partial charge < -0.3 is 10.3 Å². The van der Waals surface area contributed by atoms with E-state index in [0.29, 0.717) is 5.52 Å². The Hall–Kier alpha value is -3.65. The first-order chi connectivity index (χ1) is 14.8. The number of benzene rings is 3. The van der Waals surface area contributed by atoms with Crippen LogP contribution in [-0.2, 0) is 10.0 Å². The fourth-order valence-electron chi connectivity index (χ4n) is 3.60. The average Bonchev–Trinajstić information content (AvgIpc) is 3.15. The van der Waals surface area contributed by atoms with Gasteiger partial charge in [-0.25, -0.2) is 17.5 Å². The summed E-state index contributed by atoms with van der Waals surface area (Å²) in [5.74, 6) is -1.36. The molecule has 158 valence electrons. The molecule has 0 fully saturated rings. The van der Waals surface area contributed by atoms with Gasteiger partial charge in [-0.15, -0.1) is 0 Å². The van der Waals surface area contributed by atoms with Crippen LogP contribution in [0.15, 0.2) is 83.8 Å². The van der Waals surface area contributed by atoms with Crippen LogP contribution in [0.5, 0.6) is 0 Å². The molecule has 0 radical (unpaired) electrons. The number of carbonyl (C=O) groups excluding carboxylic acids is 1. The third-order valence-corrected chi connectivity index (χ3v) is 6.46. The van der Waals surface area contributed by atoms with Gasteiger partial charge in [0, 0.05) is 11.1 Å². The van der Waals surface area contributed by atoms with Crippen molar-refractivity contribution in [1.82, 2.24) is 9.29 Å². The zero-order valence-corrected chi connectivity index (χ0v) is 17.4. The van der Waals surface area contributed by atoms with Gasteiger partial charge in [-0.05, 0) is 48.9 Å². The van der Waals surface area contributed by atoms with Gasteiger partial charge in [-0.2, -0.15) is 0 Å². The standard InChI is InChI=1S/C23H20FN3O3S/c1-15(16-7-3-2-4-8-16)27-21-12-6-11-20(24)19(21)14-22(27)23(28)26-31(29,30)18-10-5-9-17(25)13-18/h2-15H,25H2,1H3,(H,26,28). The first kappa shape index (κ1) is 20.6. The molecule has 1 aromatic heterocycles. The third-order valence-electron chi connectivity index (χ3n) is 5.13. The van der Waals surface area contributed by atoms with Crippen molar-refractivity contribution in [3.05, 3.63) is 95.9 Å². The summed E-state index contributed by atoms with van der Waals surface area (Å²) < 4.78 is 43.7. The van der Waals surface area contributed by atoms with Crippen molar-refractivity contribution >= 4 is 32.5 Å². The molecular weight excluding hydrogens is 417 g/mol. The monoisotopic (exact) mass is 437 g/mol. The number of nitrogens with zero attached hydrogens (tertiary/aromatic N) is 1. The highest BCUT2D eigenvalue weighted by Crippen LogP contribution is 2.30. The van der Waals surface area contributed by atoms with Gasteiger partial charge >= 0.3 is 0 Å². The van der Waals surface area contributed by atoms with E-state index in [1.54, 1.807) is 22.8 Å². The minimum Gasteiger partial charge on any atom is -0.399 e. The molecule has 1 heterocycles. The van der Waals surface area contributed by atoms with Gasteiger partial charge in [0.2, 0.25) is 0 Å². The molecule has 1 amide bonds. The molecule has 1 atom stereocenters. The van der Waals surface area contributed by atoms with Gasteiger partial charge in [0.1, 0.15) is 11.5 Å². The lowest BCUT2D eigenvalue weighted by molar-refractivity contribution is 0.0972. The van der Waals surface area contributed by atoms with E-state index in [1.165, 1.54) is 30.3 Å². The summed E-state index contributed by atoms with van der Waals surface area (Å²) >= 11 is 0. The zero-order valence-electron chi connectivity index (χ0n) is 16.6. The molecule has 0 saturated carbocycles. The van der Waals surface area contributed by atoms with Crippen molar-refractivity contribution < 1.29 is 17.6 Å². The second kappa shape index (κ2) is 7.88. The molecule has 0 spiro atoms. The number of amides is 1. The predicted molar refractivity (Wildman–Crippen MR) is 118 cm³/mol. The van der Waals surface area contributed by atoms with Crippen LogP contribution in [0.3, 0.4) is 0 Å². The Morgan fingerprint density at radius 2 is 1.71 bits per heavy atom. The Bertz CT molecular complexity index is 1380. The molecule has 0 aliphatic carbocycles. The first-order valence-electron chi connectivity index (χ1n) is 9.55. The molecule has 4 rings (SSSR count). The highest BCUT2D eigenvalue weighted by molar-refractivity contribution is 7.90. The maximum absolute atomic E-state index is 14.5. The average molecular weight is 437 g/mol. The molecule has 1 unspecified atom stereocenters. The summed E-state index contributed by atoms with van der Waals surface area (Å²) in [5.41, 5.74) is 7.33. The fourth-order valence-corrected chi connectivity index (χ4v) is 4.62. The minimum atomic E-state index is -4.17. The molecule has 31 heavy (non-hydrogen) atoms. The van der Waals surface area contributed by atoms with Crippen LogP contribution in [0.2, 0.25) is 0 Å². The Morgan fingerprint density at radius 1 is 1.00 bits per heavy atom. The van der Waals surface area contributed by atoms with Gasteiger partial charge in [0.05, 0.1) is 16.5 Å². The number of sulfonamides is 1. The maximum Gasteiger partial charge on any atom is 0.281 e. The van der Waals surface area contributed by atoms with E-state index in [1.807, 2.05) is 37.3 Å². The third kappa shape index (κ3) is 3.89. The molecule has 4 aromatic rings. The number of nitrogens with one attached hydrogen (secondary N) is 1. The molecule has 6 nitrogen and oxygen atoms in total. The number of carbonyl (C=O) groups is 1. The summed E-state index contributed by atoms with van der Waals surface area (Å²) in [5, 5.41) is 0.233. The van der Waals surface area contributed by atoms with E-state index in [9.17, 15) is 17.6 Å². The minimum absolute atomic E-state index is 0.0314. The fraction of sp³-hybridized carbons (Fsp3) is 0.0870. The summed E-state index contributed by atoms with van der Waals surface area (Å²) in [6.07, 6.45) is 0. The summed E-state index contributed by atoms with van der Waals surface area (Å²) in [4.78, 5) is 13.0. The molecule has 0 bridgehead atoms. The van der Waals surface area contributed by atoms with Crippen LogP contribution in [0.1, 0.15) is 29.0 Å². The van der Waals surface area contributed by atoms with Crippen LogP contribution in [-0.4, -0.2) is 18.9 Å². The number of hydrogen-bond acceptors (Lipinski definition) is 4. The molecule has 3 aromatic carbocycles. The van der Waals surface area contributed by atoms with Crippen molar-refractivity contribution in [1.29, 1.82) is 0 Å². The Morgan fingerprint density at radius 3 is 2.42 bits per heavy atom. The van der Waals surface area contributed by atoms with E-state index in [4.69, 9.17) is 5.73 Å². The molecular formula is C23H20FN3O3S. The van der Waals surface area contributed by atoms with Crippen LogP contribution >= 0.6 is 0 Å². The Balaban J connectivity index is 1.81. The summed E-state index contributed by atoms with van der Waals surface area (Å²) in [6.45, 7) is 1.86. The van der Waals surface area contributed by atoms with Gasteiger partial charge in [-0.3, -0.25) is 4.79 Å². The van der Waals surface area contributed by atoms with Crippen molar-refractivity contribution in [3.8, 4) is 0 Å². The van der Waals surface area contributed by atoms with Gasteiger partial charge in [-0.1, -0.05) is 42.5 Å². The van der Waals surface area contributed by atoms with E-state index in [0.717, 1.165) is 5.56 Å². The van der Waals surface area contributed by atoms with Crippen LogP contribution in [0.25, 0.3) is 10.9 Å². The Labute approximate surface area is 179 Å². The molecule has 8 heteroatoms. The topological polar surface area (TPSA) is 94.2 Å². The lowest BCUT2D eigenvalue weighted by Crippen LogP contribution is -2.32. The molecule has 0 saturated heterocycles. The number of halogens is 1. The highest BCUT2D eigenvalue weighted by Gasteiger charge is 2.25. The lowest BCUT2D eigenvalue weighted by Gasteiger charge is -2.19. The largest absolute Gasteiger partial charge is 0.399 e. The Kier molecular flexibility index (Phi) is 5.24. The number of nitrogens with two attached hydrogens (primary N) is 1.